The lowest BCUT2D eigenvalue weighted by molar-refractivity contribution is -0.384. The molecule has 6 nitrogen and oxygen atoms in total. The molecule has 6 rings (SSSR count). The van der Waals surface area contributed by atoms with Gasteiger partial charge in [0, 0.05) is 12.1 Å². The number of anilines is 1. The lowest BCUT2D eigenvalue weighted by Crippen LogP contribution is -2.40. The third-order valence-electron chi connectivity index (χ3n) is 5.96. The van der Waals surface area contributed by atoms with Gasteiger partial charge in [0.15, 0.2) is 0 Å². The summed E-state index contributed by atoms with van der Waals surface area (Å²) in [5.74, 6) is 0.489. The SMILES string of the molecule is O=C1[C@@H]2[C@@H]3C=C[C@@H]([C@H]4C[C@@H]34)[C@@H]2C(=O)N1c1cccc([N+](=O)[O-])c1. The van der Waals surface area contributed by atoms with E-state index >= 15 is 0 Å². The topological polar surface area (TPSA) is 80.5 Å². The highest BCUT2D eigenvalue weighted by atomic mass is 16.6. The maximum absolute atomic E-state index is 12.9. The summed E-state index contributed by atoms with van der Waals surface area (Å²) in [5, 5.41) is 11.0. The molecule has 0 radical (unpaired) electrons. The summed E-state index contributed by atoms with van der Waals surface area (Å²) in [6, 6.07) is 5.78. The van der Waals surface area contributed by atoms with Crippen molar-refractivity contribution in [1.29, 1.82) is 0 Å². The van der Waals surface area contributed by atoms with Gasteiger partial charge in [-0.05, 0) is 36.2 Å². The molecule has 6 heteroatoms. The summed E-state index contributed by atoms with van der Waals surface area (Å²) in [7, 11) is 0. The van der Waals surface area contributed by atoms with E-state index in [9.17, 15) is 19.7 Å². The molecule has 23 heavy (non-hydrogen) atoms. The summed E-state index contributed by atoms with van der Waals surface area (Å²) < 4.78 is 0. The van der Waals surface area contributed by atoms with Crippen molar-refractivity contribution >= 4 is 23.2 Å². The van der Waals surface area contributed by atoms with Crippen LogP contribution in [0.4, 0.5) is 11.4 Å². The molecule has 1 aromatic rings. The largest absolute Gasteiger partial charge is 0.274 e. The fraction of sp³-hybridized carbons (Fsp3) is 0.412. The number of benzene rings is 1. The van der Waals surface area contributed by atoms with Gasteiger partial charge in [-0.15, -0.1) is 0 Å². The number of amides is 2. The van der Waals surface area contributed by atoms with Crippen LogP contribution in [0.1, 0.15) is 6.42 Å². The van der Waals surface area contributed by atoms with E-state index in [0.29, 0.717) is 17.5 Å². The van der Waals surface area contributed by atoms with Gasteiger partial charge in [0.1, 0.15) is 0 Å². The van der Waals surface area contributed by atoms with Crippen molar-refractivity contribution in [3.8, 4) is 0 Å². The number of hydrogen-bond acceptors (Lipinski definition) is 4. The third kappa shape index (κ3) is 1.53. The molecule has 1 heterocycles. The molecule has 1 aromatic carbocycles. The molecule has 4 aliphatic carbocycles. The lowest BCUT2D eigenvalue weighted by atomic mass is 9.63. The minimum Gasteiger partial charge on any atom is -0.274 e. The van der Waals surface area contributed by atoms with Crippen molar-refractivity contribution in [3.63, 3.8) is 0 Å². The molecule has 0 spiro atoms. The van der Waals surface area contributed by atoms with Crippen LogP contribution in [0.3, 0.4) is 0 Å². The summed E-state index contributed by atoms with van der Waals surface area (Å²) in [5.41, 5.74) is 0.207. The van der Waals surface area contributed by atoms with Crippen molar-refractivity contribution in [1.82, 2.24) is 0 Å². The Labute approximate surface area is 131 Å². The third-order valence-corrected chi connectivity index (χ3v) is 5.96. The van der Waals surface area contributed by atoms with Gasteiger partial charge in [-0.2, -0.15) is 0 Å². The number of nitro benzene ring substituents is 1. The highest BCUT2D eigenvalue weighted by Gasteiger charge is 2.67. The first-order valence-electron chi connectivity index (χ1n) is 7.88. The van der Waals surface area contributed by atoms with Gasteiger partial charge in [-0.25, -0.2) is 4.90 Å². The number of nitrogens with zero attached hydrogens (tertiary/aromatic N) is 2. The van der Waals surface area contributed by atoms with E-state index in [1.165, 1.54) is 23.1 Å². The van der Waals surface area contributed by atoms with E-state index in [0.717, 1.165) is 6.42 Å². The summed E-state index contributed by atoms with van der Waals surface area (Å²) in [4.78, 5) is 37.4. The van der Waals surface area contributed by atoms with Crippen molar-refractivity contribution in [2.45, 2.75) is 6.42 Å². The van der Waals surface area contributed by atoms with Crippen LogP contribution in [0.15, 0.2) is 36.4 Å². The van der Waals surface area contributed by atoms with Crippen LogP contribution in [0.5, 0.6) is 0 Å². The first-order valence-corrected chi connectivity index (χ1v) is 7.88. The zero-order chi connectivity index (χ0) is 15.9. The second kappa shape index (κ2) is 4.07. The number of carbonyl (C=O) groups is 2. The Balaban J connectivity index is 1.57. The number of rotatable bonds is 2. The first kappa shape index (κ1) is 13.0. The van der Waals surface area contributed by atoms with E-state index in [2.05, 4.69) is 12.2 Å². The molecule has 3 fully saturated rings. The van der Waals surface area contributed by atoms with Crippen LogP contribution < -0.4 is 4.90 Å². The summed E-state index contributed by atoms with van der Waals surface area (Å²) in [6.07, 6.45) is 5.34. The van der Waals surface area contributed by atoms with E-state index in [-0.39, 0.29) is 41.2 Å². The minimum absolute atomic E-state index is 0.109. The van der Waals surface area contributed by atoms with Gasteiger partial charge in [-0.3, -0.25) is 19.7 Å². The van der Waals surface area contributed by atoms with Crippen LogP contribution in [0.2, 0.25) is 0 Å². The Kier molecular flexibility index (Phi) is 2.30. The van der Waals surface area contributed by atoms with Crippen molar-refractivity contribution in [2.24, 2.45) is 35.5 Å². The molecule has 0 unspecified atom stereocenters. The average molecular weight is 310 g/mol. The van der Waals surface area contributed by atoms with Crippen molar-refractivity contribution < 1.29 is 14.5 Å². The van der Waals surface area contributed by atoms with Crippen molar-refractivity contribution in [2.75, 3.05) is 4.90 Å². The van der Waals surface area contributed by atoms with Gasteiger partial charge in [0.2, 0.25) is 11.8 Å². The van der Waals surface area contributed by atoms with Gasteiger partial charge in [0.05, 0.1) is 22.4 Å². The smallest absolute Gasteiger partial charge is 0.271 e. The van der Waals surface area contributed by atoms with E-state index in [4.69, 9.17) is 0 Å². The monoisotopic (exact) mass is 310 g/mol. The highest BCUT2D eigenvalue weighted by molar-refractivity contribution is 6.22. The minimum atomic E-state index is -0.512. The summed E-state index contributed by atoms with van der Waals surface area (Å²) in [6.45, 7) is 0. The van der Waals surface area contributed by atoms with Crippen LogP contribution in [-0.4, -0.2) is 16.7 Å². The zero-order valence-corrected chi connectivity index (χ0v) is 12.2. The number of hydrogen-bond donors (Lipinski definition) is 0. The fourth-order valence-electron chi connectivity index (χ4n) is 4.96. The average Bonchev–Trinajstić information content (AvgIpc) is 3.32. The molecule has 2 saturated carbocycles. The predicted octanol–water partition coefficient (Wildman–Crippen LogP) is 2.15. The molecule has 0 N–H and O–H groups in total. The summed E-state index contributed by atoms with van der Waals surface area (Å²) >= 11 is 0. The quantitative estimate of drug-likeness (QED) is 0.363. The van der Waals surface area contributed by atoms with Gasteiger partial charge < -0.3 is 0 Å². The van der Waals surface area contributed by atoms with Gasteiger partial charge in [-0.1, -0.05) is 18.2 Å². The van der Waals surface area contributed by atoms with E-state index < -0.39 is 4.92 Å². The molecule has 5 aliphatic rings. The number of carbonyl (C=O) groups excluding carboxylic acids is 2. The Morgan fingerprint density at radius 1 is 1.04 bits per heavy atom. The molecule has 2 amide bonds. The van der Waals surface area contributed by atoms with Crippen LogP contribution >= 0.6 is 0 Å². The first-order chi connectivity index (χ1) is 11.1. The molecule has 0 aromatic heterocycles. The second-order valence-corrected chi connectivity index (χ2v) is 6.94. The van der Waals surface area contributed by atoms with Crippen LogP contribution in [0, 0.1) is 45.6 Å². The lowest BCUT2D eigenvalue weighted by Gasteiger charge is -2.37. The maximum atomic E-state index is 12.9. The second-order valence-electron chi connectivity index (χ2n) is 6.94. The van der Waals surface area contributed by atoms with Crippen LogP contribution in [0.25, 0.3) is 0 Å². The van der Waals surface area contributed by atoms with E-state index in [1.54, 1.807) is 6.07 Å². The normalized spacial score (nSPS) is 39.4. The number of non-ortho nitro benzene ring substituents is 1. The Morgan fingerprint density at radius 3 is 2.22 bits per heavy atom. The van der Waals surface area contributed by atoms with Crippen LogP contribution in [-0.2, 0) is 9.59 Å². The Morgan fingerprint density at radius 2 is 1.65 bits per heavy atom. The Bertz CT molecular complexity index is 766. The molecular formula is C17H14N2O4. The van der Waals surface area contributed by atoms with Gasteiger partial charge >= 0.3 is 0 Å². The number of nitro groups is 1. The number of imide groups is 1. The maximum Gasteiger partial charge on any atom is 0.271 e. The number of allylic oxidation sites excluding steroid dienone is 2. The fourth-order valence-corrected chi connectivity index (χ4v) is 4.96. The standard InChI is InChI=1S/C17H14N2O4/c20-16-14-10-4-5-11(13-7-12(10)13)15(14)17(21)18(16)8-2-1-3-9(6-8)19(22)23/h1-6,10-15H,7H2/t10-,11+,12+,13-,14-,15+. The molecular weight excluding hydrogens is 296 g/mol. The zero-order valence-electron chi connectivity index (χ0n) is 12.2. The Hall–Kier alpha value is -2.50. The van der Waals surface area contributed by atoms with Crippen molar-refractivity contribution in [3.05, 3.63) is 46.5 Å². The molecule has 1 aliphatic heterocycles. The van der Waals surface area contributed by atoms with Gasteiger partial charge in [0.25, 0.3) is 5.69 Å². The highest BCUT2D eigenvalue weighted by Crippen LogP contribution is 2.65. The molecule has 1 saturated heterocycles. The van der Waals surface area contributed by atoms with E-state index in [1.807, 2.05) is 0 Å². The molecule has 2 bridgehead atoms. The molecule has 116 valence electrons. The molecule has 6 atom stereocenters. The predicted molar refractivity (Wildman–Crippen MR) is 80.3 cm³/mol.